The molecule has 1 heterocycles. The number of imide groups is 1. The molecule has 0 fully saturated rings. The number of aliphatic imine (C=N–C) groups is 1. The number of aliphatic hydroxyl groups is 1. The van der Waals surface area contributed by atoms with E-state index in [2.05, 4.69) is 15.6 Å². The molecule has 0 aromatic rings. The molecule has 13 nitrogen and oxygen atoms in total. The summed E-state index contributed by atoms with van der Waals surface area (Å²) in [6.07, 6.45) is 1.96. The zero-order valence-electron chi connectivity index (χ0n) is 22.3. The van der Waals surface area contributed by atoms with Gasteiger partial charge in [0, 0.05) is 44.0 Å². The lowest BCUT2D eigenvalue weighted by Gasteiger charge is -2.23. The fourth-order valence-corrected chi connectivity index (χ4v) is 3.70. The van der Waals surface area contributed by atoms with Gasteiger partial charge in [-0.1, -0.05) is 6.42 Å². The normalized spacial score (nSPS) is 16.4. The third-order valence-corrected chi connectivity index (χ3v) is 5.69. The number of amides is 4. The summed E-state index contributed by atoms with van der Waals surface area (Å²) in [6, 6.07) is -2.32. The summed E-state index contributed by atoms with van der Waals surface area (Å²) in [6.45, 7) is 3.15. The number of guanidine groups is 1. The number of aldehydes is 1. The maximum atomic E-state index is 13.0. The number of Topliss-reactive ketones (excluding diaryl/α,β-unsaturated/α-hetero) is 1. The molecule has 0 saturated carbocycles. The van der Waals surface area contributed by atoms with Crippen LogP contribution in [0.3, 0.4) is 0 Å². The zero-order valence-corrected chi connectivity index (χ0v) is 21.3. The summed E-state index contributed by atoms with van der Waals surface area (Å²) >= 11 is 0. The molecule has 1 aliphatic rings. The van der Waals surface area contributed by atoms with Crippen LogP contribution in [0.2, 0.25) is 0 Å². The summed E-state index contributed by atoms with van der Waals surface area (Å²) in [5.41, 5.74) is 10.6. The Balaban J connectivity index is 2.65. The van der Waals surface area contributed by atoms with Crippen molar-refractivity contribution >= 4 is 41.6 Å². The molecule has 1 aliphatic heterocycles. The Hall–Kier alpha value is -3.61. The van der Waals surface area contributed by atoms with E-state index in [1.165, 1.54) is 26.0 Å². The zero-order chi connectivity index (χ0) is 28.8. The molecule has 37 heavy (non-hydrogen) atoms. The van der Waals surface area contributed by atoms with Crippen LogP contribution in [-0.2, 0) is 28.8 Å². The highest BCUT2D eigenvalue weighted by atomic mass is 16.3. The molecule has 7 N–H and O–H groups in total. The van der Waals surface area contributed by atoms with Gasteiger partial charge in [-0.15, -0.1) is 0 Å². The Morgan fingerprint density at radius 3 is 2.32 bits per heavy atom. The van der Waals surface area contributed by atoms with E-state index in [0.29, 0.717) is 25.7 Å². The van der Waals surface area contributed by atoms with Crippen molar-refractivity contribution in [1.29, 1.82) is 0 Å². The van der Waals surface area contributed by atoms with E-state index in [4.69, 9.17) is 12.8 Å². The lowest BCUT2D eigenvalue weighted by molar-refractivity contribution is -0.137. The molecule has 13 heteroatoms. The number of hydrogen-bond acceptors (Lipinski definition) is 8. The molecule has 0 spiro atoms. The summed E-state index contributed by atoms with van der Waals surface area (Å²) in [4.78, 5) is 77.4. The Labute approximate surface area is 217 Å². The molecule has 4 atom stereocenters. The van der Waals surface area contributed by atoms with Crippen molar-refractivity contribution in [3.8, 4) is 0 Å². The number of nitrogens with two attached hydrogens (primary N) is 2. The van der Waals surface area contributed by atoms with Gasteiger partial charge in [0.25, 0.3) is 11.8 Å². The van der Waals surface area contributed by atoms with Crippen LogP contribution in [0.1, 0.15) is 60.2 Å². The molecule has 0 unspecified atom stereocenters. The molecular formula is C24H38N6O7. The Morgan fingerprint density at radius 2 is 1.76 bits per heavy atom. The second kappa shape index (κ2) is 16.2. The van der Waals surface area contributed by atoms with Crippen molar-refractivity contribution in [3.05, 3.63) is 12.2 Å². The van der Waals surface area contributed by atoms with Crippen LogP contribution in [0, 0.1) is 5.92 Å². The number of nitrogens with zero attached hydrogens (tertiary/aromatic N) is 2. The van der Waals surface area contributed by atoms with Crippen LogP contribution >= 0.6 is 0 Å². The largest absolute Gasteiger partial charge is 0.391 e. The van der Waals surface area contributed by atoms with E-state index in [9.17, 15) is 33.9 Å². The first-order valence-corrected chi connectivity index (χ1v) is 12.2. The topological polar surface area (TPSA) is 214 Å². The molecule has 206 valence electrons. The van der Waals surface area contributed by atoms with Gasteiger partial charge in [-0.25, -0.2) is 0 Å². The lowest BCUT2D eigenvalue weighted by Crippen LogP contribution is -2.49. The first-order valence-electron chi connectivity index (χ1n) is 12.7. The van der Waals surface area contributed by atoms with Crippen LogP contribution in [-0.4, -0.2) is 82.9 Å². The Morgan fingerprint density at radius 1 is 1.11 bits per heavy atom. The van der Waals surface area contributed by atoms with E-state index in [0.717, 1.165) is 4.90 Å². The average molecular weight is 524 g/mol. The van der Waals surface area contributed by atoms with Gasteiger partial charge in [-0.2, -0.15) is 0 Å². The second-order valence-electron chi connectivity index (χ2n) is 8.92. The van der Waals surface area contributed by atoms with Crippen molar-refractivity contribution in [2.45, 2.75) is 77.0 Å². The first-order chi connectivity index (χ1) is 17.8. The predicted octanol–water partition coefficient (Wildman–Crippen LogP) is -1.33. The summed E-state index contributed by atoms with van der Waals surface area (Å²) < 4.78 is 7.14. The van der Waals surface area contributed by atoms with Gasteiger partial charge in [0.1, 0.15) is 13.7 Å². The van der Waals surface area contributed by atoms with Gasteiger partial charge in [0.2, 0.25) is 11.8 Å². The number of nitrogens with one attached hydrogen (secondary N) is 2. The molecule has 0 aliphatic carbocycles. The summed E-state index contributed by atoms with van der Waals surface area (Å²) in [7, 11) is 0. The monoisotopic (exact) mass is 523 g/mol. The minimum Gasteiger partial charge on any atom is -0.391 e. The molecule has 0 saturated heterocycles. The molecule has 0 aromatic carbocycles. The first kappa shape index (κ1) is 29.6. The molecule has 4 amide bonds. The smallest absolute Gasteiger partial charge is 0.253 e. The van der Waals surface area contributed by atoms with E-state index in [1.54, 1.807) is 0 Å². The molecular weight excluding hydrogens is 484 g/mol. The number of unbranched alkanes of at least 4 members (excludes halogenated alkanes) is 2. The highest BCUT2D eigenvalue weighted by molar-refractivity contribution is 6.12. The molecule has 1 rings (SSSR count). The van der Waals surface area contributed by atoms with E-state index in [-0.39, 0.29) is 50.1 Å². The van der Waals surface area contributed by atoms with Gasteiger partial charge in [0.05, 0.1) is 12.1 Å². The number of aliphatic hydroxyl groups excluding tert-OH is 1. The fourth-order valence-electron chi connectivity index (χ4n) is 3.70. The van der Waals surface area contributed by atoms with E-state index < -0.39 is 48.0 Å². The van der Waals surface area contributed by atoms with Gasteiger partial charge >= 0.3 is 0 Å². The predicted molar refractivity (Wildman–Crippen MR) is 135 cm³/mol. The van der Waals surface area contributed by atoms with Gasteiger partial charge in [0.15, 0.2) is 11.7 Å². The number of carbonyl (C=O) groups is 6. The van der Waals surface area contributed by atoms with Crippen molar-refractivity contribution in [2.75, 3.05) is 13.1 Å². The third kappa shape index (κ3) is 11.8. The third-order valence-electron chi connectivity index (χ3n) is 5.69. The number of ketones is 1. The van der Waals surface area contributed by atoms with Crippen LogP contribution in [0.25, 0.3) is 0 Å². The Bertz CT molecular complexity index is 931. The van der Waals surface area contributed by atoms with Crippen molar-refractivity contribution < 1.29 is 35.2 Å². The van der Waals surface area contributed by atoms with E-state index in [1.807, 2.05) is 0 Å². The van der Waals surface area contributed by atoms with Crippen molar-refractivity contribution in [2.24, 2.45) is 22.4 Å². The van der Waals surface area contributed by atoms with Gasteiger partial charge in [-0.05, 0) is 39.5 Å². The summed E-state index contributed by atoms with van der Waals surface area (Å²) in [5.74, 6) is -3.41. The van der Waals surface area contributed by atoms with Crippen LogP contribution in [0.4, 0.5) is 0 Å². The SMILES string of the molecule is [2H]C(=O)[C@@H](C)NC(=O)[C@H](CCCN=C(N)N)CC(=O)[C@@H](NC(=O)CCCCCN1C(=O)C=CC1=O)[C@@H](C)O. The second-order valence-corrected chi connectivity index (χ2v) is 8.92. The maximum absolute atomic E-state index is 13.0. The molecule has 0 aromatic heterocycles. The molecule has 0 bridgehead atoms. The minimum atomic E-state index is -1.25. The lowest BCUT2D eigenvalue weighted by atomic mass is 9.91. The highest BCUT2D eigenvalue weighted by Crippen LogP contribution is 2.16. The number of rotatable bonds is 18. The minimum absolute atomic E-state index is 0.0577. The quantitative estimate of drug-likeness (QED) is 0.0472. The molecule has 0 radical (unpaired) electrons. The van der Waals surface area contributed by atoms with Gasteiger partial charge in [-0.3, -0.25) is 33.9 Å². The van der Waals surface area contributed by atoms with Crippen LogP contribution < -0.4 is 22.1 Å². The van der Waals surface area contributed by atoms with Gasteiger partial charge < -0.3 is 32.0 Å². The average Bonchev–Trinajstić information content (AvgIpc) is 3.15. The summed E-state index contributed by atoms with van der Waals surface area (Å²) in [5, 5.41) is 15.0. The van der Waals surface area contributed by atoms with Crippen LogP contribution in [0.5, 0.6) is 0 Å². The maximum Gasteiger partial charge on any atom is 0.253 e. The Kier molecular flexibility index (Phi) is 13.0. The number of carbonyl (C=O) groups excluding carboxylic acids is 6. The van der Waals surface area contributed by atoms with E-state index >= 15 is 0 Å². The fraction of sp³-hybridized carbons (Fsp3) is 0.625. The van der Waals surface area contributed by atoms with Crippen molar-refractivity contribution in [3.63, 3.8) is 0 Å². The van der Waals surface area contributed by atoms with Crippen molar-refractivity contribution in [1.82, 2.24) is 15.5 Å². The van der Waals surface area contributed by atoms with Crippen LogP contribution in [0.15, 0.2) is 17.1 Å². The number of hydrogen-bond donors (Lipinski definition) is 5. The highest BCUT2D eigenvalue weighted by Gasteiger charge is 2.30. The standard InChI is InChI=1S/C24H38N6O7/c1-15(14-31)28-23(37)17(7-6-11-27-24(25)26)13-18(33)22(16(2)32)29-19(34)8-4-3-5-12-30-20(35)9-10-21(30)36/h9-10,14-17,22,32H,3-8,11-13H2,1-2H3,(H,28,37)(H,29,34)(H4,25,26,27)/t15-,16-,17-,22+/m1/s1/i14D.